The van der Waals surface area contributed by atoms with Crippen LogP contribution in [0.2, 0.25) is 0 Å². The van der Waals surface area contributed by atoms with E-state index in [1.807, 2.05) is 0 Å². The normalized spacial score (nSPS) is 10.3. The Morgan fingerprint density at radius 3 is 2.56 bits per heavy atom. The monoisotopic (exact) mass is 391 g/mol. The minimum Gasteiger partial charge on any atom is -0.497 e. The van der Waals surface area contributed by atoms with Gasteiger partial charge in [-0.05, 0) is 30.7 Å². The number of amides is 2. The van der Waals surface area contributed by atoms with E-state index < -0.39 is 5.97 Å². The zero-order chi connectivity index (χ0) is 19.6. The summed E-state index contributed by atoms with van der Waals surface area (Å²) < 4.78 is 9.81. The summed E-state index contributed by atoms with van der Waals surface area (Å²) in [6.07, 6.45) is 3.01. The molecule has 0 unspecified atom stereocenters. The maximum absolute atomic E-state index is 12.7. The number of carbonyl (C=O) groups is 2. The van der Waals surface area contributed by atoms with Crippen molar-refractivity contribution >= 4 is 29.0 Å². The summed E-state index contributed by atoms with van der Waals surface area (Å²) in [5.74, 6) is 0.253. The average molecular weight is 391 g/mol. The first-order valence-corrected chi connectivity index (χ1v) is 9.68. The van der Waals surface area contributed by atoms with E-state index in [0.717, 1.165) is 25.0 Å². The Morgan fingerprint density at radius 2 is 1.93 bits per heavy atom. The summed E-state index contributed by atoms with van der Waals surface area (Å²) in [4.78, 5) is 30.3. The highest BCUT2D eigenvalue weighted by Crippen LogP contribution is 2.18. The lowest BCUT2D eigenvalue weighted by molar-refractivity contribution is 0.0594. The van der Waals surface area contributed by atoms with Crippen LogP contribution >= 0.6 is 11.3 Å². The van der Waals surface area contributed by atoms with E-state index in [9.17, 15) is 9.59 Å². The van der Waals surface area contributed by atoms with Gasteiger partial charge in [0.1, 0.15) is 10.8 Å². The number of urea groups is 1. The number of ether oxygens (including phenoxy) is 2. The van der Waals surface area contributed by atoms with Crippen LogP contribution in [0.15, 0.2) is 29.6 Å². The second kappa shape index (κ2) is 10.5. The van der Waals surface area contributed by atoms with Crippen LogP contribution in [-0.4, -0.2) is 42.6 Å². The molecular formula is C19H25N3O4S. The molecule has 0 saturated carbocycles. The van der Waals surface area contributed by atoms with Gasteiger partial charge in [-0.15, -0.1) is 11.3 Å². The van der Waals surface area contributed by atoms with Crippen LogP contribution in [0.4, 0.5) is 10.5 Å². The molecule has 1 heterocycles. The van der Waals surface area contributed by atoms with Gasteiger partial charge < -0.3 is 19.7 Å². The van der Waals surface area contributed by atoms with Crippen molar-refractivity contribution in [2.24, 2.45) is 0 Å². The molecule has 1 aromatic heterocycles. The number of nitrogens with one attached hydrogen (secondary N) is 1. The number of anilines is 1. The summed E-state index contributed by atoms with van der Waals surface area (Å²) in [5, 5.41) is 5.23. The third-order valence-electron chi connectivity index (χ3n) is 3.93. The van der Waals surface area contributed by atoms with Gasteiger partial charge in [0.15, 0.2) is 5.69 Å². The molecule has 7 nitrogen and oxygen atoms in total. The number of benzene rings is 1. The topological polar surface area (TPSA) is 80.8 Å². The molecule has 27 heavy (non-hydrogen) atoms. The van der Waals surface area contributed by atoms with Crippen LogP contribution in [-0.2, 0) is 11.3 Å². The van der Waals surface area contributed by atoms with Crippen molar-refractivity contribution < 1.29 is 19.1 Å². The molecule has 0 radical (unpaired) electrons. The standard InChI is InChI=1S/C19H25N3O4S/c1-4-5-6-11-22(12-17-21-16(13-27-17)18(23)26-3)19(24)20-14-7-9-15(25-2)10-8-14/h7-10,13H,4-6,11-12H2,1-3H3,(H,20,24). The zero-order valence-electron chi connectivity index (χ0n) is 15.9. The number of hydrogen-bond donors (Lipinski definition) is 1. The lowest BCUT2D eigenvalue weighted by Gasteiger charge is -2.22. The Balaban J connectivity index is 2.06. The van der Waals surface area contributed by atoms with E-state index in [1.165, 1.54) is 18.4 Å². The van der Waals surface area contributed by atoms with Crippen LogP contribution in [0.5, 0.6) is 5.75 Å². The van der Waals surface area contributed by atoms with Crippen LogP contribution in [0.25, 0.3) is 0 Å². The number of thiazole rings is 1. The minimum absolute atomic E-state index is 0.203. The maximum Gasteiger partial charge on any atom is 0.357 e. The second-order valence-corrected chi connectivity index (χ2v) is 6.85. The van der Waals surface area contributed by atoms with Gasteiger partial charge in [-0.2, -0.15) is 0 Å². The highest BCUT2D eigenvalue weighted by atomic mass is 32.1. The highest BCUT2D eigenvalue weighted by molar-refractivity contribution is 7.09. The van der Waals surface area contributed by atoms with Gasteiger partial charge in [-0.1, -0.05) is 19.8 Å². The number of aromatic nitrogens is 1. The molecule has 0 aliphatic rings. The number of rotatable bonds is 9. The maximum atomic E-state index is 12.7. The van der Waals surface area contributed by atoms with Crippen molar-refractivity contribution in [3.05, 3.63) is 40.3 Å². The van der Waals surface area contributed by atoms with Crippen molar-refractivity contribution in [1.82, 2.24) is 9.88 Å². The Bertz CT molecular complexity index is 746. The van der Waals surface area contributed by atoms with Gasteiger partial charge in [-0.25, -0.2) is 14.6 Å². The summed E-state index contributed by atoms with van der Waals surface area (Å²) in [6, 6.07) is 6.96. The molecule has 1 aromatic carbocycles. The minimum atomic E-state index is -0.474. The first-order valence-electron chi connectivity index (χ1n) is 8.80. The van der Waals surface area contributed by atoms with E-state index in [2.05, 4.69) is 22.0 Å². The Labute approximate surface area is 163 Å². The Kier molecular flexibility index (Phi) is 8.06. The largest absolute Gasteiger partial charge is 0.497 e. The summed E-state index contributed by atoms with van der Waals surface area (Å²) >= 11 is 1.34. The molecular weight excluding hydrogens is 366 g/mol. The van der Waals surface area contributed by atoms with Crippen LogP contribution < -0.4 is 10.1 Å². The molecule has 1 N–H and O–H groups in total. The molecule has 0 fully saturated rings. The molecule has 146 valence electrons. The summed E-state index contributed by atoms with van der Waals surface area (Å²) in [5.41, 5.74) is 0.956. The fraction of sp³-hybridized carbons (Fsp3) is 0.421. The quantitative estimate of drug-likeness (QED) is 0.513. The van der Waals surface area contributed by atoms with E-state index in [-0.39, 0.29) is 11.7 Å². The van der Waals surface area contributed by atoms with E-state index in [1.54, 1.807) is 41.7 Å². The van der Waals surface area contributed by atoms with E-state index in [0.29, 0.717) is 23.8 Å². The van der Waals surface area contributed by atoms with E-state index >= 15 is 0 Å². The molecule has 0 bridgehead atoms. The molecule has 0 aliphatic heterocycles. The van der Waals surface area contributed by atoms with Crippen molar-refractivity contribution in [3.8, 4) is 5.75 Å². The van der Waals surface area contributed by atoms with Gasteiger partial charge in [0.05, 0.1) is 20.8 Å². The van der Waals surface area contributed by atoms with E-state index in [4.69, 9.17) is 4.74 Å². The molecule has 0 saturated heterocycles. The number of unbranched alkanes of at least 4 members (excludes halogenated alkanes) is 2. The lowest BCUT2D eigenvalue weighted by atomic mass is 10.2. The van der Waals surface area contributed by atoms with Gasteiger partial charge in [0.25, 0.3) is 0 Å². The Hall–Kier alpha value is -2.61. The van der Waals surface area contributed by atoms with Crippen LogP contribution in [0.3, 0.4) is 0 Å². The van der Waals surface area contributed by atoms with Gasteiger partial charge in [0.2, 0.25) is 0 Å². The summed E-state index contributed by atoms with van der Waals surface area (Å²) in [7, 11) is 2.92. The van der Waals surface area contributed by atoms with Crippen LogP contribution in [0, 0.1) is 0 Å². The van der Waals surface area contributed by atoms with Crippen LogP contribution in [0.1, 0.15) is 41.7 Å². The molecule has 0 atom stereocenters. The molecule has 2 amide bonds. The zero-order valence-corrected chi connectivity index (χ0v) is 16.7. The SMILES string of the molecule is CCCCCN(Cc1nc(C(=O)OC)cs1)C(=O)Nc1ccc(OC)cc1. The second-order valence-electron chi connectivity index (χ2n) is 5.91. The van der Waals surface area contributed by atoms with Gasteiger partial charge in [0, 0.05) is 17.6 Å². The Morgan fingerprint density at radius 1 is 1.19 bits per heavy atom. The fourth-order valence-corrected chi connectivity index (χ4v) is 3.21. The smallest absolute Gasteiger partial charge is 0.357 e. The lowest BCUT2D eigenvalue weighted by Crippen LogP contribution is -2.35. The van der Waals surface area contributed by atoms with Gasteiger partial charge >= 0.3 is 12.0 Å². The number of carbonyl (C=O) groups excluding carboxylic acids is 2. The van der Waals surface area contributed by atoms with Crippen molar-refractivity contribution in [2.45, 2.75) is 32.7 Å². The molecule has 0 spiro atoms. The van der Waals surface area contributed by atoms with Crippen molar-refractivity contribution in [3.63, 3.8) is 0 Å². The first kappa shape index (κ1) is 20.7. The fourth-order valence-electron chi connectivity index (χ4n) is 2.43. The predicted molar refractivity (Wildman–Crippen MR) is 105 cm³/mol. The number of nitrogens with zero attached hydrogens (tertiary/aromatic N) is 2. The molecule has 2 aromatic rings. The number of hydrogen-bond acceptors (Lipinski definition) is 6. The average Bonchev–Trinajstić information content (AvgIpc) is 3.16. The number of methoxy groups -OCH3 is 2. The molecule has 8 heteroatoms. The predicted octanol–water partition coefficient (Wildman–Crippen LogP) is 4.16. The number of esters is 1. The molecule has 0 aliphatic carbocycles. The van der Waals surface area contributed by atoms with Crippen molar-refractivity contribution in [2.75, 3.05) is 26.1 Å². The first-order chi connectivity index (χ1) is 13.1. The molecule has 2 rings (SSSR count). The summed E-state index contributed by atoms with van der Waals surface area (Å²) in [6.45, 7) is 3.07. The third-order valence-corrected chi connectivity index (χ3v) is 4.77. The third kappa shape index (κ3) is 6.25. The van der Waals surface area contributed by atoms with Gasteiger partial charge in [-0.3, -0.25) is 0 Å². The highest BCUT2D eigenvalue weighted by Gasteiger charge is 2.18. The van der Waals surface area contributed by atoms with Crippen molar-refractivity contribution in [1.29, 1.82) is 0 Å².